The van der Waals surface area contributed by atoms with E-state index < -0.39 is 4.92 Å². The van der Waals surface area contributed by atoms with Gasteiger partial charge in [0.1, 0.15) is 11.9 Å². The first-order valence-corrected chi connectivity index (χ1v) is 7.23. The Labute approximate surface area is 126 Å². The Hall–Kier alpha value is -2.50. The largest absolute Gasteiger partial charge is 0.458 e. The summed E-state index contributed by atoms with van der Waals surface area (Å²) in [6.45, 7) is 0. The SMILES string of the molecule is O=C1CCCC2OC(=O)C(=Cc3ccc([N+](=O)[O-])cc3)C2C1. The van der Waals surface area contributed by atoms with Gasteiger partial charge in [0.15, 0.2) is 0 Å². The van der Waals surface area contributed by atoms with Crippen LogP contribution >= 0.6 is 0 Å². The van der Waals surface area contributed by atoms with Crippen LogP contribution in [0, 0.1) is 16.0 Å². The van der Waals surface area contributed by atoms with Crippen LogP contribution in [0.25, 0.3) is 6.08 Å². The Balaban J connectivity index is 1.89. The second kappa shape index (κ2) is 5.71. The number of Topliss-reactive ketones (excluding diaryl/α,β-unsaturated/α-hetero) is 1. The topological polar surface area (TPSA) is 86.5 Å². The third kappa shape index (κ3) is 2.77. The monoisotopic (exact) mass is 301 g/mol. The molecule has 1 saturated carbocycles. The molecule has 2 aliphatic rings. The quantitative estimate of drug-likeness (QED) is 0.363. The van der Waals surface area contributed by atoms with E-state index in [4.69, 9.17) is 4.74 Å². The molecule has 0 radical (unpaired) electrons. The van der Waals surface area contributed by atoms with Gasteiger partial charge in [0.2, 0.25) is 0 Å². The Morgan fingerprint density at radius 3 is 2.64 bits per heavy atom. The maximum absolute atomic E-state index is 12.0. The van der Waals surface area contributed by atoms with Crippen LogP contribution in [0.15, 0.2) is 29.8 Å². The average molecular weight is 301 g/mol. The van der Waals surface area contributed by atoms with Crippen LogP contribution in [0.3, 0.4) is 0 Å². The molecule has 6 nitrogen and oxygen atoms in total. The van der Waals surface area contributed by atoms with Gasteiger partial charge in [0.25, 0.3) is 5.69 Å². The van der Waals surface area contributed by atoms with Crippen molar-refractivity contribution in [2.45, 2.75) is 31.8 Å². The molecule has 1 aromatic rings. The maximum atomic E-state index is 12.0. The molecule has 22 heavy (non-hydrogen) atoms. The highest BCUT2D eigenvalue weighted by atomic mass is 16.6. The summed E-state index contributed by atoms with van der Waals surface area (Å²) in [5, 5.41) is 10.6. The number of nitro groups is 1. The molecule has 2 unspecified atom stereocenters. The second-order valence-corrected chi connectivity index (χ2v) is 5.63. The number of benzene rings is 1. The molecule has 2 fully saturated rings. The summed E-state index contributed by atoms with van der Waals surface area (Å²) in [6, 6.07) is 5.96. The van der Waals surface area contributed by atoms with E-state index in [1.807, 2.05) is 0 Å². The first-order chi connectivity index (χ1) is 10.5. The lowest BCUT2D eigenvalue weighted by Gasteiger charge is -2.12. The summed E-state index contributed by atoms with van der Waals surface area (Å²) in [5.74, 6) is -0.429. The molecule has 0 aromatic heterocycles. The van der Waals surface area contributed by atoms with Crippen molar-refractivity contribution in [1.29, 1.82) is 0 Å². The number of ketones is 1. The minimum atomic E-state index is -0.471. The van der Waals surface area contributed by atoms with E-state index in [2.05, 4.69) is 0 Å². The van der Waals surface area contributed by atoms with Crippen LogP contribution in [0.4, 0.5) is 5.69 Å². The molecule has 0 amide bonds. The molecule has 3 rings (SSSR count). The molecule has 0 spiro atoms. The first-order valence-electron chi connectivity index (χ1n) is 7.23. The van der Waals surface area contributed by atoms with Crippen molar-refractivity contribution in [1.82, 2.24) is 0 Å². The number of hydrogen-bond donors (Lipinski definition) is 0. The summed E-state index contributed by atoms with van der Waals surface area (Å²) < 4.78 is 5.37. The Kier molecular flexibility index (Phi) is 3.75. The number of carbonyl (C=O) groups excluding carboxylic acids is 2. The van der Waals surface area contributed by atoms with Crippen LogP contribution in [0.2, 0.25) is 0 Å². The van der Waals surface area contributed by atoms with Gasteiger partial charge in [-0.05, 0) is 36.6 Å². The summed E-state index contributed by atoms with van der Waals surface area (Å²) in [4.78, 5) is 34.0. The Morgan fingerprint density at radius 2 is 1.95 bits per heavy atom. The van der Waals surface area contributed by atoms with Crippen LogP contribution in [0.5, 0.6) is 0 Å². The fourth-order valence-electron chi connectivity index (χ4n) is 3.03. The van der Waals surface area contributed by atoms with E-state index in [-0.39, 0.29) is 29.5 Å². The number of esters is 1. The number of non-ortho nitro benzene ring substituents is 1. The molecule has 0 bridgehead atoms. The number of rotatable bonds is 2. The highest BCUT2D eigenvalue weighted by Crippen LogP contribution is 2.37. The van der Waals surface area contributed by atoms with Crippen molar-refractivity contribution in [3.63, 3.8) is 0 Å². The normalized spacial score (nSPS) is 26.5. The van der Waals surface area contributed by atoms with Gasteiger partial charge in [-0.25, -0.2) is 4.79 Å². The minimum absolute atomic E-state index is 0.00123. The van der Waals surface area contributed by atoms with E-state index in [1.54, 1.807) is 18.2 Å². The standard InChI is InChI=1S/C16H15NO5/c18-12-2-1-3-15-13(9-12)14(16(19)22-15)8-10-4-6-11(7-5-10)17(20)21/h4-8,13,15H,1-3,9H2. The third-order valence-corrected chi connectivity index (χ3v) is 4.16. The van der Waals surface area contributed by atoms with Crippen molar-refractivity contribution >= 4 is 23.5 Å². The summed E-state index contributed by atoms with van der Waals surface area (Å²) in [5.41, 5.74) is 1.18. The number of hydrogen-bond acceptors (Lipinski definition) is 5. The number of ether oxygens (including phenoxy) is 1. The van der Waals surface area contributed by atoms with Gasteiger partial charge in [-0.15, -0.1) is 0 Å². The zero-order chi connectivity index (χ0) is 15.7. The van der Waals surface area contributed by atoms with E-state index >= 15 is 0 Å². The first kappa shape index (κ1) is 14.4. The van der Waals surface area contributed by atoms with Gasteiger partial charge in [-0.3, -0.25) is 14.9 Å². The van der Waals surface area contributed by atoms with E-state index in [0.29, 0.717) is 30.4 Å². The van der Waals surface area contributed by atoms with Gasteiger partial charge in [0.05, 0.1) is 4.92 Å². The van der Waals surface area contributed by atoms with Crippen molar-refractivity contribution in [3.8, 4) is 0 Å². The molecule has 0 N–H and O–H groups in total. The molecule has 1 aliphatic heterocycles. The zero-order valence-corrected chi connectivity index (χ0v) is 11.9. The summed E-state index contributed by atoms with van der Waals surface area (Å²) in [6.07, 6.45) is 3.78. The summed E-state index contributed by atoms with van der Waals surface area (Å²) >= 11 is 0. The second-order valence-electron chi connectivity index (χ2n) is 5.63. The van der Waals surface area contributed by atoms with Crippen LogP contribution in [0.1, 0.15) is 31.2 Å². The van der Waals surface area contributed by atoms with E-state index in [0.717, 1.165) is 6.42 Å². The van der Waals surface area contributed by atoms with Gasteiger partial charge in [-0.2, -0.15) is 0 Å². The lowest BCUT2D eigenvalue weighted by Crippen LogP contribution is -2.16. The Bertz CT molecular complexity index is 662. The maximum Gasteiger partial charge on any atom is 0.334 e. The number of nitro benzene ring substituents is 1. The van der Waals surface area contributed by atoms with E-state index in [9.17, 15) is 19.7 Å². The van der Waals surface area contributed by atoms with E-state index in [1.165, 1.54) is 12.1 Å². The number of nitrogens with zero attached hydrogens (tertiary/aromatic N) is 1. The smallest absolute Gasteiger partial charge is 0.334 e. The molecule has 1 heterocycles. The molecule has 1 saturated heterocycles. The highest BCUT2D eigenvalue weighted by Gasteiger charge is 2.41. The van der Waals surface area contributed by atoms with Crippen molar-refractivity contribution < 1.29 is 19.2 Å². The van der Waals surface area contributed by atoms with Crippen molar-refractivity contribution in [2.24, 2.45) is 5.92 Å². The number of fused-ring (bicyclic) bond motifs is 1. The molecular formula is C16H15NO5. The molecule has 2 atom stereocenters. The molecule has 6 heteroatoms. The van der Waals surface area contributed by atoms with Crippen molar-refractivity contribution in [3.05, 3.63) is 45.5 Å². The average Bonchev–Trinajstić information content (AvgIpc) is 2.66. The van der Waals surface area contributed by atoms with Gasteiger partial charge < -0.3 is 4.74 Å². The number of carbonyl (C=O) groups is 2. The summed E-state index contributed by atoms with van der Waals surface area (Å²) in [7, 11) is 0. The molecule has 114 valence electrons. The predicted octanol–water partition coefficient (Wildman–Crippen LogP) is 2.66. The van der Waals surface area contributed by atoms with Gasteiger partial charge in [0, 0.05) is 36.5 Å². The van der Waals surface area contributed by atoms with Crippen molar-refractivity contribution in [2.75, 3.05) is 0 Å². The van der Waals surface area contributed by atoms with Crippen LogP contribution in [-0.2, 0) is 14.3 Å². The lowest BCUT2D eigenvalue weighted by atomic mass is 9.90. The van der Waals surface area contributed by atoms with Gasteiger partial charge in [-0.1, -0.05) is 0 Å². The fourth-order valence-corrected chi connectivity index (χ4v) is 3.03. The molecule has 1 aromatic carbocycles. The third-order valence-electron chi connectivity index (χ3n) is 4.16. The molecule has 1 aliphatic carbocycles. The fraction of sp³-hybridized carbons (Fsp3) is 0.375. The molecular weight excluding hydrogens is 286 g/mol. The zero-order valence-electron chi connectivity index (χ0n) is 11.9. The Morgan fingerprint density at radius 1 is 1.23 bits per heavy atom. The minimum Gasteiger partial charge on any atom is -0.458 e. The predicted molar refractivity (Wildman–Crippen MR) is 77.9 cm³/mol. The van der Waals surface area contributed by atoms with Gasteiger partial charge >= 0.3 is 5.97 Å². The highest BCUT2D eigenvalue weighted by molar-refractivity contribution is 5.97. The van der Waals surface area contributed by atoms with Crippen LogP contribution in [-0.4, -0.2) is 22.8 Å². The van der Waals surface area contributed by atoms with Crippen LogP contribution < -0.4 is 0 Å². The lowest BCUT2D eigenvalue weighted by molar-refractivity contribution is -0.384.